The van der Waals surface area contributed by atoms with E-state index in [1.165, 1.54) is 6.07 Å². The monoisotopic (exact) mass is 285 g/mol. The van der Waals surface area contributed by atoms with Crippen molar-refractivity contribution in [3.8, 4) is 0 Å². The van der Waals surface area contributed by atoms with Crippen LogP contribution in [0.15, 0.2) is 12.1 Å². The number of imidazole rings is 1. The minimum atomic E-state index is -0.855. The molecule has 0 aliphatic carbocycles. The molecule has 2 aromatic rings. The van der Waals surface area contributed by atoms with Gasteiger partial charge in [0.2, 0.25) is 0 Å². The molecule has 1 aliphatic rings. The van der Waals surface area contributed by atoms with Crippen LogP contribution in [0.3, 0.4) is 0 Å². The number of rotatable bonds is 2. The van der Waals surface area contributed by atoms with Crippen molar-refractivity contribution < 1.29 is 8.78 Å². The Kier molecular flexibility index (Phi) is 3.31. The van der Waals surface area contributed by atoms with E-state index in [1.807, 2.05) is 5.01 Å². The van der Waals surface area contributed by atoms with Crippen LogP contribution in [0.2, 0.25) is 0 Å². The molecule has 0 spiro atoms. The van der Waals surface area contributed by atoms with Crippen molar-refractivity contribution >= 4 is 22.6 Å². The number of fused-ring (bicyclic) bond motifs is 1. The molecule has 1 fully saturated rings. The fourth-order valence-electron chi connectivity index (χ4n) is 2.61. The van der Waals surface area contributed by atoms with Crippen LogP contribution in [0.5, 0.6) is 0 Å². The molecule has 0 saturated carbocycles. The second kappa shape index (κ2) is 4.96. The number of aromatic nitrogens is 2. The molecule has 102 valence electrons. The summed E-state index contributed by atoms with van der Waals surface area (Å²) in [6.45, 7) is 1.62. The molecular weight excluding hydrogens is 272 g/mol. The first-order valence-corrected chi connectivity index (χ1v) is 6.92. The molecule has 0 atom stereocenters. The third-order valence-electron chi connectivity index (χ3n) is 3.49. The molecule has 0 unspecified atom stereocenters. The van der Waals surface area contributed by atoms with Gasteiger partial charge < -0.3 is 5.01 Å². The van der Waals surface area contributed by atoms with Crippen LogP contribution in [-0.2, 0) is 5.88 Å². The number of piperidine rings is 1. The third kappa shape index (κ3) is 2.06. The summed E-state index contributed by atoms with van der Waals surface area (Å²) in [5, 5.41) is 2.00. The number of alkyl halides is 1. The van der Waals surface area contributed by atoms with Crippen molar-refractivity contribution in [3.63, 3.8) is 0 Å². The van der Waals surface area contributed by atoms with Crippen LogP contribution in [0.25, 0.3) is 11.0 Å². The van der Waals surface area contributed by atoms with Gasteiger partial charge in [-0.3, -0.25) is 0 Å². The van der Waals surface area contributed by atoms with E-state index in [9.17, 15) is 8.78 Å². The summed E-state index contributed by atoms with van der Waals surface area (Å²) in [6.07, 6.45) is 3.24. The van der Waals surface area contributed by atoms with Crippen LogP contribution >= 0.6 is 11.6 Å². The Morgan fingerprint density at radius 2 is 1.89 bits per heavy atom. The predicted octanol–water partition coefficient (Wildman–Crippen LogP) is 3.18. The van der Waals surface area contributed by atoms with E-state index < -0.39 is 11.6 Å². The highest BCUT2D eigenvalue weighted by Crippen LogP contribution is 2.24. The van der Waals surface area contributed by atoms with Gasteiger partial charge in [0, 0.05) is 13.1 Å². The first-order chi connectivity index (χ1) is 9.22. The molecule has 19 heavy (non-hydrogen) atoms. The second-order valence-corrected chi connectivity index (χ2v) is 4.98. The Morgan fingerprint density at radius 3 is 2.58 bits per heavy atom. The molecule has 2 heterocycles. The fraction of sp³-hybridized carbons (Fsp3) is 0.462. The Bertz CT molecular complexity index is 605. The van der Waals surface area contributed by atoms with Gasteiger partial charge in [-0.25, -0.2) is 18.4 Å². The molecule has 0 bridgehead atoms. The van der Waals surface area contributed by atoms with Crippen molar-refractivity contribution in [1.82, 2.24) is 9.66 Å². The lowest BCUT2D eigenvalue weighted by Gasteiger charge is -2.31. The standard InChI is InChI=1S/C13H14ClF2N3/c14-8-11-17-10-5-4-9(15)12(16)13(10)19(11)18-6-2-1-3-7-18/h4-5H,1-3,6-8H2. The SMILES string of the molecule is Fc1ccc2nc(CCl)n(N3CCCCC3)c2c1F. The van der Waals surface area contributed by atoms with Gasteiger partial charge in [-0.15, -0.1) is 11.6 Å². The van der Waals surface area contributed by atoms with E-state index in [1.54, 1.807) is 4.68 Å². The third-order valence-corrected chi connectivity index (χ3v) is 3.73. The average molecular weight is 286 g/mol. The Labute approximate surface area is 114 Å². The average Bonchev–Trinajstić information content (AvgIpc) is 2.83. The van der Waals surface area contributed by atoms with Gasteiger partial charge >= 0.3 is 0 Å². The lowest BCUT2D eigenvalue weighted by atomic mass is 10.2. The Hall–Kier alpha value is -1.36. The lowest BCUT2D eigenvalue weighted by Crippen LogP contribution is -2.40. The molecule has 1 aliphatic heterocycles. The largest absolute Gasteiger partial charge is 0.311 e. The molecule has 0 radical (unpaired) electrons. The van der Waals surface area contributed by atoms with Crippen LogP contribution in [-0.4, -0.2) is 22.7 Å². The molecular formula is C13H14ClF2N3. The van der Waals surface area contributed by atoms with E-state index in [-0.39, 0.29) is 11.4 Å². The molecule has 0 amide bonds. The maximum absolute atomic E-state index is 14.1. The Balaban J connectivity index is 2.21. The summed E-state index contributed by atoms with van der Waals surface area (Å²) < 4.78 is 29.2. The first kappa shape index (κ1) is 12.7. The van der Waals surface area contributed by atoms with Crippen molar-refractivity contribution in [1.29, 1.82) is 0 Å². The number of halogens is 3. The predicted molar refractivity (Wildman–Crippen MR) is 71.0 cm³/mol. The molecule has 3 rings (SSSR count). The van der Waals surface area contributed by atoms with Gasteiger partial charge in [0.25, 0.3) is 0 Å². The van der Waals surface area contributed by atoms with Crippen LogP contribution in [0, 0.1) is 11.6 Å². The van der Waals surface area contributed by atoms with Gasteiger partial charge in [-0.05, 0) is 31.4 Å². The van der Waals surface area contributed by atoms with Crippen LogP contribution in [0.4, 0.5) is 8.78 Å². The topological polar surface area (TPSA) is 21.1 Å². The molecule has 1 aromatic carbocycles. The van der Waals surface area contributed by atoms with Crippen LogP contribution < -0.4 is 5.01 Å². The van der Waals surface area contributed by atoms with E-state index in [0.717, 1.165) is 38.4 Å². The van der Waals surface area contributed by atoms with Gasteiger partial charge in [-0.1, -0.05) is 0 Å². The number of hydrogen-bond donors (Lipinski definition) is 0. The van der Waals surface area contributed by atoms with E-state index in [0.29, 0.717) is 11.3 Å². The van der Waals surface area contributed by atoms with Crippen molar-refractivity contribution in [2.24, 2.45) is 0 Å². The van der Waals surface area contributed by atoms with Gasteiger partial charge in [-0.2, -0.15) is 0 Å². The molecule has 6 heteroatoms. The summed E-state index contributed by atoms with van der Waals surface area (Å²) >= 11 is 5.89. The van der Waals surface area contributed by atoms with E-state index in [2.05, 4.69) is 4.98 Å². The zero-order valence-corrected chi connectivity index (χ0v) is 11.1. The summed E-state index contributed by atoms with van der Waals surface area (Å²) in [4.78, 5) is 4.29. The quantitative estimate of drug-likeness (QED) is 0.790. The maximum Gasteiger partial charge on any atom is 0.186 e. The Morgan fingerprint density at radius 1 is 1.16 bits per heavy atom. The minimum absolute atomic E-state index is 0.173. The summed E-state index contributed by atoms with van der Waals surface area (Å²) in [7, 11) is 0. The van der Waals surface area contributed by atoms with Crippen molar-refractivity contribution in [2.45, 2.75) is 25.1 Å². The highest BCUT2D eigenvalue weighted by Gasteiger charge is 2.22. The summed E-state index contributed by atoms with van der Waals surface area (Å²) in [6, 6.07) is 2.59. The number of hydrogen-bond acceptors (Lipinski definition) is 2. The van der Waals surface area contributed by atoms with Crippen LogP contribution in [0.1, 0.15) is 25.1 Å². The first-order valence-electron chi connectivity index (χ1n) is 6.39. The summed E-state index contributed by atoms with van der Waals surface area (Å²) in [5.41, 5.74) is 0.637. The van der Waals surface area contributed by atoms with Crippen molar-refractivity contribution in [2.75, 3.05) is 18.1 Å². The van der Waals surface area contributed by atoms with E-state index >= 15 is 0 Å². The fourth-order valence-corrected chi connectivity index (χ4v) is 2.78. The van der Waals surface area contributed by atoms with Gasteiger partial charge in [0.1, 0.15) is 11.3 Å². The molecule has 0 N–H and O–H groups in total. The zero-order valence-electron chi connectivity index (χ0n) is 10.4. The zero-order chi connectivity index (χ0) is 13.4. The highest BCUT2D eigenvalue weighted by molar-refractivity contribution is 6.16. The smallest absolute Gasteiger partial charge is 0.186 e. The lowest BCUT2D eigenvalue weighted by molar-refractivity contribution is 0.467. The second-order valence-electron chi connectivity index (χ2n) is 4.72. The molecule has 1 saturated heterocycles. The number of nitrogens with zero attached hydrogens (tertiary/aromatic N) is 3. The van der Waals surface area contributed by atoms with Crippen molar-refractivity contribution in [3.05, 3.63) is 29.6 Å². The highest BCUT2D eigenvalue weighted by atomic mass is 35.5. The maximum atomic E-state index is 14.1. The minimum Gasteiger partial charge on any atom is -0.311 e. The number of benzene rings is 1. The van der Waals surface area contributed by atoms with Gasteiger partial charge in [0.05, 0.1) is 11.4 Å². The molecule has 1 aromatic heterocycles. The molecule has 3 nitrogen and oxygen atoms in total. The van der Waals surface area contributed by atoms with E-state index in [4.69, 9.17) is 11.6 Å². The summed E-state index contributed by atoms with van der Waals surface area (Å²) in [5.74, 6) is -0.978. The van der Waals surface area contributed by atoms with Gasteiger partial charge in [0.15, 0.2) is 11.6 Å². The normalized spacial score (nSPS) is 16.3.